The number of aryl methyl sites for hydroxylation is 1. The third-order valence-electron chi connectivity index (χ3n) is 10.8. The van der Waals surface area contributed by atoms with Gasteiger partial charge in [0.15, 0.2) is 0 Å². The van der Waals surface area contributed by atoms with Crippen molar-refractivity contribution in [3.63, 3.8) is 0 Å². The lowest BCUT2D eigenvalue weighted by Crippen LogP contribution is -2.50. The maximum absolute atomic E-state index is 12.4. The SMILES string of the molecule is CCC(=O)N1CCc2cc(N3CC(C(=O)CCc4cccnc4)C3)ccc21.CCC(=O)N1CCc2cc(N3CC(C(=O)O)C3)ccc21.NCc1cccnc1. The Labute approximate surface area is 323 Å². The summed E-state index contributed by atoms with van der Waals surface area (Å²) in [5.74, 6) is -0.149. The zero-order chi connectivity index (χ0) is 38.9. The highest BCUT2D eigenvalue weighted by atomic mass is 16.4. The summed E-state index contributed by atoms with van der Waals surface area (Å²) in [6.45, 7) is 8.63. The predicted octanol–water partition coefficient (Wildman–Crippen LogP) is 5.07. The monoisotopic (exact) mass is 745 g/mol. The number of nitrogens with two attached hydrogens (primary N) is 1. The van der Waals surface area contributed by atoms with E-state index >= 15 is 0 Å². The van der Waals surface area contributed by atoms with Gasteiger partial charge in [0.25, 0.3) is 0 Å². The molecule has 0 bridgehead atoms. The van der Waals surface area contributed by atoms with Crippen LogP contribution >= 0.6 is 0 Å². The standard InChI is InChI=1S/C22H25N3O2.C15H18N2O3.C6H8N2/c1-2-22(27)25-11-9-17-12-19(6-7-20(17)25)24-14-18(15-24)21(26)8-5-16-4-3-10-23-13-16;1-2-14(18)17-6-5-10-7-12(3-4-13(10)17)16-8-11(9-16)15(19)20;7-4-6-2-1-3-8-5-6/h3-4,6-7,10,12-13,18H,2,5,8-9,11,14-15H2,1H3;3-4,7,11H,2,5-6,8-9H2,1H3,(H,19,20);1-3,5H,4,7H2. The number of ketones is 1. The van der Waals surface area contributed by atoms with Crippen LogP contribution < -0.4 is 25.3 Å². The number of fused-ring (bicyclic) bond motifs is 2. The number of carbonyl (C=O) groups is 4. The Kier molecular flexibility index (Phi) is 12.9. The third-order valence-corrected chi connectivity index (χ3v) is 10.8. The smallest absolute Gasteiger partial charge is 0.310 e. The number of nitrogens with zero attached hydrogens (tertiary/aromatic N) is 6. The molecule has 0 unspecified atom stereocenters. The molecule has 0 spiro atoms. The molecule has 12 nitrogen and oxygen atoms in total. The number of aliphatic carboxylic acids is 1. The fourth-order valence-electron chi connectivity index (χ4n) is 7.34. The number of carboxylic acid groups (broad SMARTS) is 1. The molecule has 2 aromatic carbocycles. The molecule has 0 atom stereocenters. The topological polar surface area (TPSA) is 153 Å². The zero-order valence-electron chi connectivity index (χ0n) is 31.8. The van der Waals surface area contributed by atoms with Crippen molar-refractivity contribution < 1.29 is 24.3 Å². The van der Waals surface area contributed by atoms with Gasteiger partial charge in [-0.05, 0) is 90.0 Å². The van der Waals surface area contributed by atoms with E-state index in [9.17, 15) is 19.2 Å². The summed E-state index contributed by atoms with van der Waals surface area (Å²) in [6.07, 6.45) is 11.3. The maximum atomic E-state index is 12.4. The highest BCUT2D eigenvalue weighted by Crippen LogP contribution is 2.36. The fourth-order valence-corrected chi connectivity index (χ4v) is 7.34. The number of amides is 2. The molecular formula is C43H51N7O5. The molecule has 4 aliphatic rings. The van der Waals surface area contributed by atoms with Crippen LogP contribution in [0.3, 0.4) is 0 Å². The highest BCUT2D eigenvalue weighted by molar-refractivity contribution is 5.96. The number of pyridine rings is 2. The van der Waals surface area contributed by atoms with E-state index in [2.05, 4.69) is 44.0 Å². The minimum absolute atomic E-state index is 0.132. The van der Waals surface area contributed by atoms with Crippen molar-refractivity contribution in [2.24, 2.45) is 17.6 Å². The minimum Gasteiger partial charge on any atom is -0.481 e. The van der Waals surface area contributed by atoms with Crippen LogP contribution in [0, 0.1) is 11.8 Å². The number of anilines is 4. The van der Waals surface area contributed by atoms with Gasteiger partial charge in [-0.2, -0.15) is 0 Å². The Morgan fingerprint density at radius 1 is 0.709 bits per heavy atom. The largest absolute Gasteiger partial charge is 0.481 e. The summed E-state index contributed by atoms with van der Waals surface area (Å²) in [7, 11) is 0. The first-order valence-corrected chi connectivity index (χ1v) is 19.3. The lowest BCUT2D eigenvalue weighted by Gasteiger charge is -2.40. The van der Waals surface area contributed by atoms with Crippen LogP contribution in [0.2, 0.25) is 0 Å². The van der Waals surface area contributed by atoms with E-state index in [0.717, 1.165) is 79.3 Å². The van der Waals surface area contributed by atoms with Gasteiger partial charge in [-0.15, -0.1) is 0 Å². The van der Waals surface area contributed by atoms with Crippen molar-refractivity contribution in [2.45, 2.75) is 58.9 Å². The summed E-state index contributed by atoms with van der Waals surface area (Å²) < 4.78 is 0. The van der Waals surface area contributed by atoms with Gasteiger partial charge in [-0.25, -0.2) is 0 Å². The molecule has 12 heteroatoms. The van der Waals surface area contributed by atoms with Crippen LogP contribution in [0.25, 0.3) is 0 Å². The third kappa shape index (κ3) is 9.37. The lowest BCUT2D eigenvalue weighted by molar-refractivity contribution is -0.142. The number of hydrogen-bond acceptors (Lipinski definition) is 9. The average Bonchev–Trinajstić information content (AvgIpc) is 3.81. The van der Waals surface area contributed by atoms with Gasteiger partial charge in [0, 0.05) is 113 Å². The van der Waals surface area contributed by atoms with Gasteiger partial charge in [-0.3, -0.25) is 29.1 Å². The first-order chi connectivity index (χ1) is 26.7. The fraction of sp³-hybridized carbons (Fsp3) is 0.395. The molecule has 0 aliphatic carbocycles. The van der Waals surface area contributed by atoms with Crippen LogP contribution in [0.5, 0.6) is 0 Å². The summed E-state index contributed by atoms with van der Waals surface area (Å²) in [5.41, 5.74) is 14.2. The number of carboxylic acids is 1. The molecule has 55 heavy (non-hydrogen) atoms. The normalized spacial score (nSPS) is 15.8. The van der Waals surface area contributed by atoms with Gasteiger partial charge in [0.1, 0.15) is 5.78 Å². The van der Waals surface area contributed by atoms with Crippen LogP contribution in [-0.4, -0.2) is 77.9 Å². The molecule has 0 saturated carbocycles. The molecule has 8 rings (SSSR count). The summed E-state index contributed by atoms with van der Waals surface area (Å²) in [6, 6.07) is 20.1. The molecule has 0 radical (unpaired) electrons. The van der Waals surface area contributed by atoms with E-state index in [0.29, 0.717) is 44.7 Å². The van der Waals surface area contributed by atoms with E-state index in [-0.39, 0.29) is 23.7 Å². The summed E-state index contributed by atoms with van der Waals surface area (Å²) >= 11 is 0. The zero-order valence-corrected chi connectivity index (χ0v) is 31.8. The highest BCUT2D eigenvalue weighted by Gasteiger charge is 2.35. The lowest BCUT2D eigenvalue weighted by atomic mass is 9.91. The predicted molar refractivity (Wildman–Crippen MR) is 214 cm³/mol. The maximum Gasteiger partial charge on any atom is 0.310 e. The Bertz CT molecular complexity index is 1960. The Morgan fingerprint density at radius 3 is 1.62 bits per heavy atom. The Morgan fingerprint density at radius 2 is 1.20 bits per heavy atom. The van der Waals surface area contributed by atoms with Crippen molar-refractivity contribution >= 4 is 46.3 Å². The number of aromatic nitrogens is 2. The van der Waals surface area contributed by atoms with E-state index in [1.165, 1.54) is 11.1 Å². The quantitative estimate of drug-likeness (QED) is 0.225. The molecule has 6 heterocycles. The van der Waals surface area contributed by atoms with Crippen molar-refractivity contribution in [2.75, 3.05) is 58.9 Å². The van der Waals surface area contributed by atoms with E-state index in [4.69, 9.17) is 10.8 Å². The van der Waals surface area contributed by atoms with Crippen LogP contribution in [0.15, 0.2) is 85.5 Å². The first-order valence-electron chi connectivity index (χ1n) is 19.3. The van der Waals surface area contributed by atoms with Crippen LogP contribution in [0.1, 0.15) is 55.4 Å². The molecule has 2 fully saturated rings. The second-order valence-corrected chi connectivity index (χ2v) is 14.4. The van der Waals surface area contributed by atoms with E-state index < -0.39 is 5.97 Å². The molecule has 288 valence electrons. The van der Waals surface area contributed by atoms with Gasteiger partial charge in [0.05, 0.1) is 11.8 Å². The minimum atomic E-state index is -0.720. The second kappa shape index (κ2) is 18.1. The van der Waals surface area contributed by atoms with E-state index in [1.807, 2.05) is 66.2 Å². The molecule has 3 N–H and O–H groups in total. The van der Waals surface area contributed by atoms with Gasteiger partial charge >= 0.3 is 5.97 Å². The number of rotatable bonds is 10. The molecule has 4 aliphatic heterocycles. The van der Waals surface area contributed by atoms with Gasteiger partial charge in [0.2, 0.25) is 11.8 Å². The molecule has 2 amide bonds. The Hall–Kier alpha value is -5.62. The number of Topliss-reactive ketones (excluding diaryl/α,β-unsaturated/α-hetero) is 1. The molecular weight excluding hydrogens is 695 g/mol. The van der Waals surface area contributed by atoms with Crippen LogP contribution in [0.4, 0.5) is 22.7 Å². The molecule has 2 saturated heterocycles. The van der Waals surface area contributed by atoms with Crippen molar-refractivity contribution in [3.8, 4) is 0 Å². The summed E-state index contributed by atoms with van der Waals surface area (Å²) in [5, 5.41) is 8.90. The number of carbonyl (C=O) groups excluding carboxylic acids is 3. The second-order valence-electron chi connectivity index (χ2n) is 14.4. The Balaban J connectivity index is 0.000000160. The average molecular weight is 746 g/mol. The number of hydrogen-bond donors (Lipinski definition) is 2. The van der Waals surface area contributed by atoms with Crippen LogP contribution in [-0.2, 0) is 45.0 Å². The van der Waals surface area contributed by atoms with Crippen molar-refractivity contribution in [1.82, 2.24) is 9.97 Å². The van der Waals surface area contributed by atoms with E-state index in [1.54, 1.807) is 18.6 Å². The van der Waals surface area contributed by atoms with Crippen molar-refractivity contribution in [3.05, 3.63) is 108 Å². The first kappa shape index (κ1) is 39.1. The van der Waals surface area contributed by atoms with Gasteiger partial charge in [-0.1, -0.05) is 26.0 Å². The summed E-state index contributed by atoms with van der Waals surface area (Å²) in [4.78, 5) is 63.1. The van der Waals surface area contributed by atoms with Crippen molar-refractivity contribution in [1.29, 1.82) is 0 Å². The number of benzene rings is 2. The molecule has 2 aromatic heterocycles. The molecule has 4 aromatic rings. The van der Waals surface area contributed by atoms with Gasteiger partial charge < -0.3 is 30.4 Å².